The maximum Gasteiger partial charge on any atom is 0.270 e. The van der Waals surface area contributed by atoms with Crippen LogP contribution in [0.25, 0.3) is 0 Å². The van der Waals surface area contributed by atoms with Crippen LogP contribution in [0, 0.1) is 10.1 Å². The highest BCUT2D eigenvalue weighted by atomic mass is 16.6. The number of hydrogen-bond donors (Lipinski definition) is 1. The highest BCUT2D eigenvalue weighted by molar-refractivity contribution is 5.95. The van der Waals surface area contributed by atoms with Crippen LogP contribution in [0.5, 0.6) is 11.5 Å². The van der Waals surface area contributed by atoms with Crippen LogP contribution in [0.15, 0.2) is 48.5 Å². The van der Waals surface area contributed by atoms with Gasteiger partial charge in [0.1, 0.15) is 0 Å². The van der Waals surface area contributed by atoms with Crippen molar-refractivity contribution in [3.8, 4) is 11.5 Å². The predicted octanol–water partition coefficient (Wildman–Crippen LogP) is 2.05. The Labute approximate surface area is 167 Å². The zero-order chi connectivity index (χ0) is 20.8. The number of nitro groups is 1. The molecule has 29 heavy (non-hydrogen) atoms. The first kappa shape index (κ1) is 20.1. The Hall–Kier alpha value is -3.62. The third-order valence-corrected chi connectivity index (χ3v) is 4.66. The molecule has 1 fully saturated rings. The minimum atomic E-state index is -0.537. The maximum absolute atomic E-state index is 12.6. The average Bonchev–Trinajstić information content (AvgIpc) is 2.74. The number of phenolic OH excluding ortho intramolecular Hbond substituents is 1. The van der Waals surface area contributed by atoms with E-state index in [1.807, 2.05) is 0 Å². The van der Waals surface area contributed by atoms with Gasteiger partial charge >= 0.3 is 0 Å². The standard InChI is InChI=1S/C20H21N3O6/c24-17-6-1-2-7-18(17)29-13-8-19(25)21-9-11-22(12-10-21)20(26)15-4-3-5-16(14-15)23(27)28/h1-7,14,24H,8-13H2. The normalized spacial score (nSPS) is 13.8. The van der Waals surface area contributed by atoms with Gasteiger partial charge in [-0.15, -0.1) is 0 Å². The first-order chi connectivity index (χ1) is 14.0. The molecule has 9 nitrogen and oxygen atoms in total. The van der Waals surface area contributed by atoms with E-state index in [0.29, 0.717) is 31.9 Å². The first-order valence-electron chi connectivity index (χ1n) is 9.18. The fraction of sp³-hybridized carbons (Fsp3) is 0.300. The van der Waals surface area contributed by atoms with Gasteiger partial charge < -0.3 is 19.6 Å². The van der Waals surface area contributed by atoms with Crippen LogP contribution >= 0.6 is 0 Å². The van der Waals surface area contributed by atoms with Gasteiger partial charge in [-0.3, -0.25) is 19.7 Å². The van der Waals surface area contributed by atoms with Crippen LogP contribution in [0.2, 0.25) is 0 Å². The fourth-order valence-corrected chi connectivity index (χ4v) is 3.08. The lowest BCUT2D eigenvalue weighted by molar-refractivity contribution is -0.384. The van der Waals surface area contributed by atoms with Crippen molar-refractivity contribution in [2.45, 2.75) is 6.42 Å². The summed E-state index contributed by atoms with van der Waals surface area (Å²) in [4.78, 5) is 38.5. The number of hydrogen-bond acceptors (Lipinski definition) is 6. The lowest BCUT2D eigenvalue weighted by atomic mass is 10.1. The topological polar surface area (TPSA) is 113 Å². The summed E-state index contributed by atoms with van der Waals surface area (Å²) in [6.07, 6.45) is 0.160. The summed E-state index contributed by atoms with van der Waals surface area (Å²) in [5.74, 6) is -0.0348. The molecule has 1 aliphatic rings. The molecule has 9 heteroatoms. The number of carbonyl (C=O) groups is 2. The quantitative estimate of drug-likeness (QED) is 0.588. The van der Waals surface area contributed by atoms with E-state index in [4.69, 9.17) is 4.74 Å². The number of non-ortho nitro benzene ring substituents is 1. The molecule has 0 unspecified atom stereocenters. The Balaban J connectivity index is 1.47. The van der Waals surface area contributed by atoms with Gasteiger partial charge in [-0.1, -0.05) is 18.2 Å². The smallest absolute Gasteiger partial charge is 0.270 e. The molecule has 0 atom stereocenters. The zero-order valence-electron chi connectivity index (χ0n) is 15.7. The van der Waals surface area contributed by atoms with E-state index < -0.39 is 4.92 Å². The number of amides is 2. The summed E-state index contributed by atoms with van der Waals surface area (Å²) >= 11 is 0. The van der Waals surface area contributed by atoms with Gasteiger partial charge in [-0.05, 0) is 18.2 Å². The number of benzene rings is 2. The van der Waals surface area contributed by atoms with E-state index in [2.05, 4.69) is 0 Å². The van der Waals surface area contributed by atoms with Gasteiger partial charge in [0.05, 0.1) is 18.0 Å². The third kappa shape index (κ3) is 5.01. The van der Waals surface area contributed by atoms with Crippen molar-refractivity contribution in [3.05, 3.63) is 64.2 Å². The van der Waals surface area contributed by atoms with Crippen molar-refractivity contribution in [3.63, 3.8) is 0 Å². The van der Waals surface area contributed by atoms with E-state index in [1.54, 1.807) is 34.1 Å². The molecule has 0 aliphatic carbocycles. The molecule has 0 aromatic heterocycles. The highest BCUT2D eigenvalue weighted by Gasteiger charge is 2.25. The maximum atomic E-state index is 12.6. The summed E-state index contributed by atoms with van der Waals surface area (Å²) in [6.45, 7) is 1.62. The molecule has 0 radical (unpaired) electrons. The van der Waals surface area contributed by atoms with Crippen molar-refractivity contribution in [2.75, 3.05) is 32.8 Å². The third-order valence-electron chi connectivity index (χ3n) is 4.66. The van der Waals surface area contributed by atoms with E-state index >= 15 is 0 Å². The van der Waals surface area contributed by atoms with Crippen LogP contribution in [0.1, 0.15) is 16.8 Å². The van der Waals surface area contributed by atoms with Gasteiger partial charge in [0, 0.05) is 43.9 Å². The Kier molecular flexibility index (Phi) is 6.28. The molecule has 152 valence electrons. The number of nitro benzene ring substituents is 1. The molecular formula is C20H21N3O6. The number of piperazine rings is 1. The van der Waals surface area contributed by atoms with Crippen LogP contribution in [-0.4, -0.2) is 64.4 Å². The van der Waals surface area contributed by atoms with Crippen LogP contribution in [-0.2, 0) is 4.79 Å². The number of nitrogens with zero attached hydrogens (tertiary/aromatic N) is 3. The number of phenols is 1. The van der Waals surface area contributed by atoms with Crippen molar-refractivity contribution in [1.82, 2.24) is 9.80 Å². The van der Waals surface area contributed by atoms with E-state index in [0.717, 1.165) is 0 Å². The monoisotopic (exact) mass is 399 g/mol. The average molecular weight is 399 g/mol. The number of para-hydroxylation sites is 2. The molecule has 2 aromatic rings. The summed E-state index contributed by atoms with van der Waals surface area (Å²) < 4.78 is 5.43. The summed E-state index contributed by atoms with van der Waals surface area (Å²) in [6, 6.07) is 12.2. The lowest BCUT2D eigenvalue weighted by Gasteiger charge is -2.34. The van der Waals surface area contributed by atoms with Crippen molar-refractivity contribution in [1.29, 1.82) is 0 Å². The first-order valence-corrected chi connectivity index (χ1v) is 9.18. The minimum absolute atomic E-state index is 0.0215. The molecule has 1 saturated heterocycles. The Morgan fingerprint density at radius 1 is 1.03 bits per heavy atom. The lowest BCUT2D eigenvalue weighted by Crippen LogP contribution is -2.50. The molecule has 0 spiro atoms. The minimum Gasteiger partial charge on any atom is -0.504 e. The largest absolute Gasteiger partial charge is 0.504 e. The Morgan fingerprint density at radius 3 is 2.41 bits per heavy atom. The molecule has 0 bridgehead atoms. The van der Waals surface area contributed by atoms with Crippen molar-refractivity contribution < 1.29 is 24.4 Å². The van der Waals surface area contributed by atoms with E-state index in [9.17, 15) is 24.8 Å². The van der Waals surface area contributed by atoms with E-state index in [-0.39, 0.29) is 41.8 Å². The second-order valence-corrected chi connectivity index (χ2v) is 6.55. The Morgan fingerprint density at radius 2 is 1.72 bits per heavy atom. The second kappa shape index (κ2) is 9.05. The fourth-order valence-electron chi connectivity index (χ4n) is 3.08. The molecular weight excluding hydrogens is 378 g/mol. The Bertz CT molecular complexity index is 909. The SMILES string of the molecule is O=C(CCOc1ccccc1O)N1CCN(C(=O)c2cccc([N+](=O)[O-])c2)CC1. The highest BCUT2D eigenvalue weighted by Crippen LogP contribution is 2.24. The van der Waals surface area contributed by atoms with Gasteiger partial charge in [0.2, 0.25) is 5.91 Å². The summed E-state index contributed by atoms with van der Waals surface area (Å²) in [5, 5.41) is 20.5. The molecule has 3 rings (SSSR count). The molecule has 0 saturated carbocycles. The molecule has 2 aromatic carbocycles. The molecule has 2 amide bonds. The summed E-state index contributed by atoms with van der Waals surface area (Å²) in [7, 11) is 0. The van der Waals surface area contributed by atoms with Crippen molar-refractivity contribution >= 4 is 17.5 Å². The second-order valence-electron chi connectivity index (χ2n) is 6.55. The predicted molar refractivity (Wildman–Crippen MR) is 104 cm³/mol. The molecule has 1 N–H and O–H groups in total. The van der Waals surface area contributed by atoms with Crippen LogP contribution < -0.4 is 4.74 Å². The van der Waals surface area contributed by atoms with Crippen LogP contribution in [0.3, 0.4) is 0 Å². The van der Waals surface area contributed by atoms with Gasteiger partial charge in [0.15, 0.2) is 11.5 Å². The number of aromatic hydroxyl groups is 1. The number of carbonyl (C=O) groups excluding carboxylic acids is 2. The number of ether oxygens (including phenoxy) is 1. The van der Waals surface area contributed by atoms with E-state index in [1.165, 1.54) is 24.3 Å². The molecule has 1 aliphatic heterocycles. The van der Waals surface area contributed by atoms with Gasteiger partial charge in [-0.2, -0.15) is 0 Å². The zero-order valence-corrected chi connectivity index (χ0v) is 15.7. The van der Waals surface area contributed by atoms with Crippen molar-refractivity contribution in [2.24, 2.45) is 0 Å². The number of rotatable bonds is 6. The van der Waals surface area contributed by atoms with Gasteiger partial charge in [0.25, 0.3) is 11.6 Å². The van der Waals surface area contributed by atoms with Crippen LogP contribution in [0.4, 0.5) is 5.69 Å². The van der Waals surface area contributed by atoms with Gasteiger partial charge in [-0.25, -0.2) is 0 Å². The molecule has 1 heterocycles. The summed E-state index contributed by atoms with van der Waals surface area (Å²) in [5.41, 5.74) is 0.129.